The van der Waals surface area contributed by atoms with Gasteiger partial charge in [-0.05, 0) is 24.6 Å². The molecule has 0 amide bonds. The van der Waals surface area contributed by atoms with Gasteiger partial charge >= 0.3 is 5.97 Å². The molecule has 1 aromatic rings. The molecule has 0 unspecified atom stereocenters. The van der Waals surface area contributed by atoms with Crippen LogP contribution in [0.2, 0.25) is 5.02 Å². The molecule has 1 aromatic carbocycles. The maximum absolute atomic E-state index is 11.7. The number of halogens is 1. The second kappa shape index (κ2) is 5.47. The number of esters is 1. The van der Waals surface area contributed by atoms with Crippen LogP contribution in [-0.2, 0) is 14.3 Å². The summed E-state index contributed by atoms with van der Waals surface area (Å²) < 4.78 is 25.6. The summed E-state index contributed by atoms with van der Waals surface area (Å²) in [6, 6.07) is 6.43. The van der Waals surface area contributed by atoms with Crippen LogP contribution in [0.3, 0.4) is 0 Å². The van der Waals surface area contributed by atoms with E-state index in [-0.39, 0.29) is 0 Å². The fourth-order valence-corrected chi connectivity index (χ4v) is 1.27. The molecule has 84 valence electrons. The van der Waals surface area contributed by atoms with Crippen molar-refractivity contribution in [2.75, 3.05) is 7.11 Å². The zero-order valence-electron chi connectivity index (χ0n) is 11.5. The lowest BCUT2D eigenvalue weighted by Crippen LogP contribution is -2.11. The molecule has 0 aromatic heterocycles. The van der Waals surface area contributed by atoms with Crippen molar-refractivity contribution in [3.8, 4) is 0 Å². The summed E-state index contributed by atoms with van der Waals surface area (Å²) in [5.41, 5.74) is -0.197. The topological polar surface area (TPSA) is 43.4 Å². The van der Waals surface area contributed by atoms with E-state index in [0.29, 0.717) is 10.6 Å². The molecular weight excluding hydrogens is 228 g/mol. The molecule has 0 aliphatic rings. The van der Waals surface area contributed by atoms with Crippen molar-refractivity contribution < 1.29 is 18.4 Å². The summed E-state index contributed by atoms with van der Waals surface area (Å²) in [5, 5.41) is 0.294. The van der Waals surface area contributed by atoms with Crippen molar-refractivity contribution in [2.24, 2.45) is 0 Å². The Bertz CT molecular complexity index is 535. The van der Waals surface area contributed by atoms with Gasteiger partial charge < -0.3 is 4.74 Å². The van der Waals surface area contributed by atoms with Gasteiger partial charge in [0, 0.05) is 9.13 Å². The van der Waals surface area contributed by atoms with Crippen LogP contribution in [0.1, 0.15) is 16.5 Å². The molecule has 0 aliphatic carbocycles. The summed E-state index contributed by atoms with van der Waals surface area (Å²) in [7, 11) is 1.07. The van der Waals surface area contributed by atoms with E-state index in [4.69, 9.17) is 15.7 Å². The standard InChI is InChI=1S/C12H11ClO3/c1-8(14)10(12(15)16-2)7-9-5-3-4-6-11(9)13/h3-7H,1-2H3/b10-7-/i1D3. The van der Waals surface area contributed by atoms with Gasteiger partial charge in [-0.3, -0.25) is 4.79 Å². The van der Waals surface area contributed by atoms with E-state index < -0.39 is 24.2 Å². The van der Waals surface area contributed by atoms with Crippen molar-refractivity contribution in [3.63, 3.8) is 0 Å². The van der Waals surface area contributed by atoms with Gasteiger partial charge in [-0.2, -0.15) is 0 Å². The van der Waals surface area contributed by atoms with Gasteiger partial charge in [0.05, 0.1) is 7.11 Å². The molecule has 0 radical (unpaired) electrons. The van der Waals surface area contributed by atoms with Gasteiger partial charge in [-0.15, -0.1) is 0 Å². The predicted octanol–water partition coefficient (Wildman–Crippen LogP) is 2.49. The molecule has 0 saturated heterocycles. The first kappa shape index (κ1) is 8.53. The Morgan fingerprint density at radius 3 is 2.69 bits per heavy atom. The third kappa shape index (κ3) is 2.94. The summed E-state index contributed by atoms with van der Waals surface area (Å²) in [6.07, 6.45) is 1.11. The molecule has 0 N–H and O–H groups in total. The van der Waals surface area contributed by atoms with Gasteiger partial charge in [0.25, 0.3) is 0 Å². The quantitative estimate of drug-likeness (QED) is 0.353. The fraction of sp³-hybridized carbons (Fsp3) is 0.167. The Labute approximate surface area is 103 Å². The number of carbonyl (C=O) groups is 2. The molecule has 4 heteroatoms. The van der Waals surface area contributed by atoms with Crippen LogP contribution in [0.15, 0.2) is 29.8 Å². The molecule has 0 heterocycles. The minimum atomic E-state index is -2.92. The van der Waals surface area contributed by atoms with E-state index in [9.17, 15) is 9.59 Å². The van der Waals surface area contributed by atoms with Gasteiger partial charge in [0.1, 0.15) is 5.57 Å². The Kier molecular flexibility index (Phi) is 2.92. The average molecular weight is 242 g/mol. The summed E-state index contributed by atoms with van der Waals surface area (Å²) in [6.45, 7) is -2.92. The van der Waals surface area contributed by atoms with Gasteiger partial charge in [0.15, 0.2) is 5.78 Å². The molecule has 0 bridgehead atoms. The van der Waals surface area contributed by atoms with Crippen LogP contribution in [0.4, 0.5) is 0 Å². The van der Waals surface area contributed by atoms with E-state index >= 15 is 0 Å². The first-order chi connectivity index (χ1) is 8.77. The maximum Gasteiger partial charge on any atom is 0.341 e. The van der Waals surface area contributed by atoms with Crippen molar-refractivity contribution in [2.45, 2.75) is 6.85 Å². The SMILES string of the molecule is [2H]C([2H])([2H])C(=O)/C(=C/c1ccccc1Cl)C(=O)OC. The number of ether oxygens (including phenoxy) is 1. The summed E-state index contributed by atoms with van der Waals surface area (Å²) in [5.74, 6) is -2.29. The number of methoxy groups -OCH3 is 1. The molecule has 1 rings (SSSR count). The zero-order chi connectivity index (χ0) is 14.6. The maximum atomic E-state index is 11.7. The molecule has 0 atom stereocenters. The van der Waals surface area contributed by atoms with Crippen LogP contribution in [0.25, 0.3) is 6.08 Å². The lowest BCUT2D eigenvalue weighted by molar-refractivity contribution is -0.137. The smallest absolute Gasteiger partial charge is 0.341 e. The molecule has 0 aliphatic heterocycles. The number of benzene rings is 1. The first-order valence-corrected chi connectivity index (χ1v) is 4.74. The number of Topliss-reactive ketones (excluding diaryl/α,β-unsaturated/α-hetero) is 1. The van der Waals surface area contributed by atoms with Crippen molar-refractivity contribution in [1.29, 1.82) is 0 Å². The molecule has 0 spiro atoms. The fourth-order valence-electron chi connectivity index (χ4n) is 1.07. The highest BCUT2D eigenvalue weighted by Gasteiger charge is 2.15. The zero-order valence-corrected chi connectivity index (χ0v) is 9.25. The molecule has 0 fully saturated rings. The van der Waals surface area contributed by atoms with Gasteiger partial charge in [-0.1, -0.05) is 29.8 Å². The summed E-state index contributed by atoms with van der Waals surface area (Å²) in [4.78, 5) is 23.2. The number of ketones is 1. The largest absolute Gasteiger partial charge is 0.465 e. The second-order valence-corrected chi connectivity index (χ2v) is 3.31. The normalized spacial score (nSPS) is 14.6. The third-order valence-electron chi connectivity index (χ3n) is 1.85. The number of hydrogen-bond acceptors (Lipinski definition) is 3. The number of hydrogen-bond donors (Lipinski definition) is 0. The van der Waals surface area contributed by atoms with E-state index in [1.54, 1.807) is 24.3 Å². The van der Waals surface area contributed by atoms with Crippen LogP contribution in [-0.4, -0.2) is 18.9 Å². The second-order valence-electron chi connectivity index (χ2n) is 2.90. The minimum Gasteiger partial charge on any atom is -0.465 e. The van der Waals surface area contributed by atoms with Crippen molar-refractivity contribution >= 4 is 29.4 Å². The highest BCUT2D eigenvalue weighted by molar-refractivity contribution is 6.32. The van der Waals surface area contributed by atoms with E-state index in [1.165, 1.54) is 0 Å². The molecule has 16 heavy (non-hydrogen) atoms. The summed E-state index contributed by atoms with van der Waals surface area (Å²) >= 11 is 5.89. The molecule has 3 nitrogen and oxygen atoms in total. The lowest BCUT2D eigenvalue weighted by atomic mass is 10.1. The van der Waals surface area contributed by atoms with Crippen molar-refractivity contribution in [1.82, 2.24) is 0 Å². The Hall–Kier alpha value is -1.61. The predicted molar refractivity (Wildman–Crippen MR) is 62.1 cm³/mol. The first-order valence-electron chi connectivity index (χ1n) is 5.86. The number of rotatable bonds is 3. The van der Waals surface area contributed by atoms with Crippen LogP contribution >= 0.6 is 11.6 Å². The number of carbonyl (C=O) groups excluding carboxylic acids is 2. The van der Waals surface area contributed by atoms with E-state index in [2.05, 4.69) is 4.74 Å². The Morgan fingerprint density at radius 2 is 2.12 bits per heavy atom. The van der Waals surface area contributed by atoms with Crippen molar-refractivity contribution in [3.05, 3.63) is 40.4 Å². The highest BCUT2D eigenvalue weighted by Crippen LogP contribution is 2.18. The highest BCUT2D eigenvalue weighted by atomic mass is 35.5. The molecular formula is C12H11ClO3. The van der Waals surface area contributed by atoms with Gasteiger partial charge in [-0.25, -0.2) is 4.79 Å². The van der Waals surface area contributed by atoms with Crippen LogP contribution in [0, 0.1) is 0 Å². The van der Waals surface area contributed by atoms with E-state index in [1.807, 2.05) is 0 Å². The average Bonchev–Trinajstić information content (AvgIpc) is 2.35. The Balaban J connectivity index is 3.30. The minimum absolute atomic E-state index is 0.294. The monoisotopic (exact) mass is 241 g/mol. The van der Waals surface area contributed by atoms with E-state index in [0.717, 1.165) is 13.2 Å². The van der Waals surface area contributed by atoms with Crippen LogP contribution < -0.4 is 0 Å². The van der Waals surface area contributed by atoms with Crippen LogP contribution in [0.5, 0.6) is 0 Å². The van der Waals surface area contributed by atoms with Gasteiger partial charge in [0.2, 0.25) is 0 Å². The molecule has 0 saturated carbocycles. The lowest BCUT2D eigenvalue weighted by Gasteiger charge is -2.02. The third-order valence-corrected chi connectivity index (χ3v) is 2.20. The Morgan fingerprint density at radius 1 is 1.44 bits per heavy atom.